The first kappa shape index (κ1) is 17.3. The average Bonchev–Trinajstić information content (AvgIpc) is 2.72. The standard InChI is InChI=1S/C22H25N5/c1-17-8-9-19(14-18(17)2)25-21-15-22(24-16-23-21)27-12-10-26(11-13-27)20-6-4-3-5-7-20/h3-9,14-16H,10-13H2,1-2H3,(H,23,24,25). The molecular weight excluding hydrogens is 334 g/mol. The molecule has 2 heterocycles. The van der Waals surface area contributed by atoms with Gasteiger partial charge in [-0.15, -0.1) is 0 Å². The Bertz CT molecular complexity index is 902. The highest BCUT2D eigenvalue weighted by atomic mass is 15.3. The van der Waals surface area contributed by atoms with Crippen molar-refractivity contribution in [3.05, 3.63) is 72.1 Å². The predicted octanol–water partition coefficient (Wildman–Crippen LogP) is 4.16. The molecule has 0 spiro atoms. The molecule has 1 saturated heterocycles. The Morgan fingerprint density at radius 1 is 0.778 bits per heavy atom. The van der Waals surface area contributed by atoms with Crippen LogP contribution >= 0.6 is 0 Å². The van der Waals surface area contributed by atoms with E-state index in [0.717, 1.165) is 43.5 Å². The molecule has 4 rings (SSSR count). The molecule has 0 aliphatic carbocycles. The highest BCUT2D eigenvalue weighted by Gasteiger charge is 2.18. The second kappa shape index (κ2) is 7.66. The smallest absolute Gasteiger partial charge is 0.135 e. The van der Waals surface area contributed by atoms with Crippen molar-refractivity contribution in [2.24, 2.45) is 0 Å². The summed E-state index contributed by atoms with van der Waals surface area (Å²) in [5.41, 5.74) is 4.90. The van der Waals surface area contributed by atoms with Crippen molar-refractivity contribution in [3.8, 4) is 0 Å². The first-order valence-electron chi connectivity index (χ1n) is 9.40. The van der Waals surface area contributed by atoms with Crippen LogP contribution in [0.4, 0.5) is 23.0 Å². The molecule has 0 bridgehead atoms. The summed E-state index contributed by atoms with van der Waals surface area (Å²) in [7, 11) is 0. The summed E-state index contributed by atoms with van der Waals surface area (Å²) >= 11 is 0. The van der Waals surface area contributed by atoms with Gasteiger partial charge in [0.05, 0.1) is 0 Å². The lowest BCUT2D eigenvalue weighted by Gasteiger charge is -2.36. The molecular formula is C22H25N5. The molecule has 0 amide bonds. The van der Waals surface area contributed by atoms with Crippen LogP contribution in [0.1, 0.15) is 11.1 Å². The Morgan fingerprint density at radius 3 is 2.26 bits per heavy atom. The molecule has 138 valence electrons. The number of piperazine rings is 1. The summed E-state index contributed by atoms with van der Waals surface area (Å²) in [6.07, 6.45) is 1.64. The lowest BCUT2D eigenvalue weighted by molar-refractivity contribution is 0.647. The number of anilines is 4. The second-order valence-electron chi connectivity index (χ2n) is 7.00. The molecule has 1 N–H and O–H groups in total. The molecule has 0 atom stereocenters. The van der Waals surface area contributed by atoms with Gasteiger partial charge in [0, 0.05) is 43.6 Å². The van der Waals surface area contributed by atoms with E-state index >= 15 is 0 Å². The predicted molar refractivity (Wildman–Crippen MR) is 112 cm³/mol. The van der Waals surface area contributed by atoms with Gasteiger partial charge in [-0.1, -0.05) is 24.3 Å². The van der Waals surface area contributed by atoms with Gasteiger partial charge in [-0.05, 0) is 49.2 Å². The zero-order valence-electron chi connectivity index (χ0n) is 15.9. The molecule has 1 aliphatic rings. The quantitative estimate of drug-likeness (QED) is 0.758. The van der Waals surface area contributed by atoms with E-state index in [1.54, 1.807) is 6.33 Å². The maximum Gasteiger partial charge on any atom is 0.135 e. The first-order chi connectivity index (χ1) is 13.2. The van der Waals surface area contributed by atoms with Crippen molar-refractivity contribution >= 4 is 23.0 Å². The van der Waals surface area contributed by atoms with E-state index in [-0.39, 0.29) is 0 Å². The number of para-hydroxylation sites is 1. The summed E-state index contributed by atoms with van der Waals surface area (Å²) in [5, 5.41) is 3.40. The van der Waals surface area contributed by atoms with Crippen LogP contribution in [0.15, 0.2) is 60.9 Å². The fourth-order valence-corrected chi connectivity index (χ4v) is 3.39. The normalized spacial score (nSPS) is 14.3. The third kappa shape index (κ3) is 4.03. The Hall–Kier alpha value is -3.08. The van der Waals surface area contributed by atoms with Gasteiger partial charge in [-0.3, -0.25) is 0 Å². The molecule has 0 radical (unpaired) electrons. The van der Waals surface area contributed by atoms with Gasteiger partial charge in [0.15, 0.2) is 0 Å². The largest absolute Gasteiger partial charge is 0.368 e. The van der Waals surface area contributed by atoms with Crippen molar-refractivity contribution in [3.63, 3.8) is 0 Å². The van der Waals surface area contributed by atoms with Gasteiger partial charge in [0.1, 0.15) is 18.0 Å². The Morgan fingerprint density at radius 2 is 1.52 bits per heavy atom. The van der Waals surface area contributed by atoms with Crippen LogP contribution in [0.2, 0.25) is 0 Å². The third-order valence-corrected chi connectivity index (χ3v) is 5.16. The zero-order valence-corrected chi connectivity index (χ0v) is 15.9. The number of benzene rings is 2. The van der Waals surface area contributed by atoms with Crippen molar-refractivity contribution in [2.45, 2.75) is 13.8 Å². The van der Waals surface area contributed by atoms with Crippen molar-refractivity contribution in [2.75, 3.05) is 41.3 Å². The van der Waals surface area contributed by atoms with Crippen molar-refractivity contribution in [1.29, 1.82) is 0 Å². The lowest BCUT2D eigenvalue weighted by atomic mass is 10.1. The number of nitrogens with zero attached hydrogens (tertiary/aromatic N) is 4. The number of rotatable bonds is 4. The highest BCUT2D eigenvalue weighted by Crippen LogP contribution is 2.22. The SMILES string of the molecule is Cc1ccc(Nc2cc(N3CCN(c4ccccc4)CC3)ncn2)cc1C. The molecule has 1 aromatic heterocycles. The van der Waals surface area contributed by atoms with E-state index in [4.69, 9.17) is 0 Å². The van der Waals surface area contributed by atoms with E-state index in [1.807, 2.05) is 6.07 Å². The summed E-state index contributed by atoms with van der Waals surface area (Å²) in [4.78, 5) is 13.6. The van der Waals surface area contributed by atoms with Crippen LogP contribution < -0.4 is 15.1 Å². The van der Waals surface area contributed by atoms with Gasteiger partial charge in [-0.25, -0.2) is 9.97 Å². The molecule has 1 aliphatic heterocycles. The summed E-state index contributed by atoms with van der Waals surface area (Å²) in [5.74, 6) is 1.80. The van der Waals surface area contributed by atoms with Crippen molar-refractivity contribution < 1.29 is 0 Å². The molecule has 5 heteroatoms. The average molecular weight is 359 g/mol. The molecule has 27 heavy (non-hydrogen) atoms. The fraction of sp³-hybridized carbons (Fsp3) is 0.273. The number of hydrogen-bond donors (Lipinski definition) is 1. The van der Waals surface area contributed by atoms with E-state index in [1.165, 1.54) is 16.8 Å². The molecule has 1 fully saturated rings. The summed E-state index contributed by atoms with van der Waals surface area (Å²) in [6, 6.07) is 19.0. The number of hydrogen-bond acceptors (Lipinski definition) is 5. The molecule has 0 saturated carbocycles. The molecule has 2 aromatic carbocycles. The Balaban J connectivity index is 1.43. The monoisotopic (exact) mass is 359 g/mol. The fourth-order valence-electron chi connectivity index (χ4n) is 3.39. The highest BCUT2D eigenvalue weighted by molar-refractivity contribution is 5.61. The molecule has 0 unspecified atom stereocenters. The van der Waals surface area contributed by atoms with Crippen LogP contribution in [-0.2, 0) is 0 Å². The van der Waals surface area contributed by atoms with Gasteiger partial charge < -0.3 is 15.1 Å². The first-order valence-corrected chi connectivity index (χ1v) is 9.40. The molecule has 3 aromatic rings. The van der Waals surface area contributed by atoms with Gasteiger partial charge >= 0.3 is 0 Å². The summed E-state index contributed by atoms with van der Waals surface area (Å²) < 4.78 is 0. The van der Waals surface area contributed by atoms with E-state index in [9.17, 15) is 0 Å². The van der Waals surface area contributed by atoms with Gasteiger partial charge in [0.2, 0.25) is 0 Å². The zero-order chi connectivity index (χ0) is 18.6. The second-order valence-corrected chi connectivity index (χ2v) is 7.00. The maximum atomic E-state index is 4.49. The minimum Gasteiger partial charge on any atom is -0.368 e. The van der Waals surface area contributed by atoms with Crippen molar-refractivity contribution in [1.82, 2.24) is 9.97 Å². The van der Waals surface area contributed by atoms with Crippen LogP contribution in [0.5, 0.6) is 0 Å². The summed E-state index contributed by atoms with van der Waals surface area (Å²) in [6.45, 7) is 8.14. The number of aryl methyl sites for hydroxylation is 2. The minimum atomic E-state index is 0.828. The Kier molecular flexibility index (Phi) is 4.92. The topological polar surface area (TPSA) is 44.3 Å². The Labute approximate surface area is 160 Å². The number of aromatic nitrogens is 2. The van der Waals surface area contributed by atoms with E-state index in [0.29, 0.717) is 0 Å². The molecule has 5 nitrogen and oxygen atoms in total. The maximum absolute atomic E-state index is 4.49. The third-order valence-electron chi connectivity index (χ3n) is 5.16. The van der Waals surface area contributed by atoms with Crippen LogP contribution in [0, 0.1) is 13.8 Å². The van der Waals surface area contributed by atoms with E-state index in [2.05, 4.69) is 87.5 Å². The lowest BCUT2D eigenvalue weighted by Crippen LogP contribution is -2.46. The van der Waals surface area contributed by atoms with E-state index < -0.39 is 0 Å². The van der Waals surface area contributed by atoms with Crippen LogP contribution in [0.25, 0.3) is 0 Å². The number of nitrogens with one attached hydrogen (secondary N) is 1. The van der Waals surface area contributed by atoms with Crippen LogP contribution in [0.3, 0.4) is 0 Å². The minimum absolute atomic E-state index is 0.828. The van der Waals surface area contributed by atoms with Crippen LogP contribution in [-0.4, -0.2) is 36.1 Å². The van der Waals surface area contributed by atoms with Gasteiger partial charge in [0.25, 0.3) is 0 Å². The van der Waals surface area contributed by atoms with Gasteiger partial charge in [-0.2, -0.15) is 0 Å².